The van der Waals surface area contributed by atoms with Crippen molar-refractivity contribution < 1.29 is 23.7 Å². The lowest BCUT2D eigenvalue weighted by Gasteiger charge is -2.13. The number of rotatable bonds is 10. The number of esters is 1. The zero-order valence-corrected chi connectivity index (χ0v) is 19.6. The molecule has 0 radical (unpaired) electrons. The number of methoxy groups -OCH3 is 2. The third-order valence-corrected chi connectivity index (χ3v) is 4.83. The quantitative estimate of drug-likeness (QED) is 0.377. The average molecular weight is 502 g/mol. The number of aromatic nitrogens is 2. The molecule has 0 atom stereocenters. The van der Waals surface area contributed by atoms with E-state index in [1.165, 1.54) is 14.2 Å². The molecule has 168 valence electrons. The number of nitrogens with zero attached hydrogens (tertiary/aromatic N) is 2. The molecule has 3 rings (SSSR count). The summed E-state index contributed by atoms with van der Waals surface area (Å²) in [6, 6.07) is 14.4. The van der Waals surface area contributed by atoms with Crippen LogP contribution in [0.25, 0.3) is 0 Å². The molecule has 0 saturated carbocycles. The predicted molar refractivity (Wildman–Crippen MR) is 124 cm³/mol. The van der Waals surface area contributed by atoms with Crippen molar-refractivity contribution >= 4 is 27.6 Å². The zero-order valence-electron chi connectivity index (χ0n) is 18.1. The second kappa shape index (κ2) is 11.3. The highest BCUT2D eigenvalue weighted by molar-refractivity contribution is 9.10. The van der Waals surface area contributed by atoms with Gasteiger partial charge in [0.25, 0.3) is 0 Å². The first-order valence-electron chi connectivity index (χ1n) is 9.96. The van der Waals surface area contributed by atoms with Crippen molar-refractivity contribution in [1.29, 1.82) is 0 Å². The molecule has 32 heavy (non-hydrogen) atoms. The van der Waals surface area contributed by atoms with Crippen LogP contribution in [0.3, 0.4) is 0 Å². The average Bonchev–Trinajstić information content (AvgIpc) is 2.82. The van der Waals surface area contributed by atoms with Crippen LogP contribution in [0, 0.1) is 0 Å². The Morgan fingerprint density at radius 3 is 2.31 bits per heavy atom. The lowest BCUT2D eigenvalue weighted by atomic mass is 10.1. The van der Waals surface area contributed by atoms with Gasteiger partial charge in [-0.25, -0.2) is 4.79 Å². The van der Waals surface area contributed by atoms with Crippen molar-refractivity contribution in [2.24, 2.45) is 0 Å². The number of carbonyl (C=O) groups is 1. The summed E-state index contributed by atoms with van der Waals surface area (Å²) >= 11 is 3.49. The van der Waals surface area contributed by atoms with Gasteiger partial charge in [-0.15, -0.1) is 0 Å². The van der Waals surface area contributed by atoms with Gasteiger partial charge in [0.05, 0.1) is 32.5 Å². The summed E-state index contributed by atoms with van der Waals surface area (Å²) in [5.41, 5.74) is 2.23. The van der Waals surface area contributed by atoms with Gasteiger partial charge in [-0.3, -0.25) is 0 Å². The van der Waals surface area contributed by atoms with E-state index in [0.29, 0.717) is 36.2 Å². The highest BCUT2D eigenvalue weighted by atomic mass is 79.9. The number of halogens is 1. The first kappa shape index (κ1) is 23.3. The van der Waals surface area contributed by atoms with Gasteiger partial charge in [-0.2, -0.15) is 9.97 Å². The van der Waals surface area contributed by atoms with E-state index in [1.54, 1.807) is 18.2 Å². The van der Waals surface area contributed by atoms with E-state index in [4.69, 9.17) is 18.9 Å². The summed E-state index contributed by atoms with van der Waals surface area (Å²) in [5, 5.41) is 3.33. The summed E-state index contributed by atoms with van der Waals surface area (Å²) < 4.78 is 22.3. The van der Waals surface area contributed by atoms with Crippen molar-refractivity contribution in [1.82, 2.24) is 9.97 Å². The number of nitrogens with one attached hydrogen (secondary N) is 1. The Morgan fingerprint density at radius 1 is 1.00 bits per heavy atom. The Labute approximate surface area is 195 Å². The molecular formula is C23H24BrN3O5. The second-order valence-corrected chi connectivity index (χ2v) is 7.57. The molecule has 0 aliphatic heterocycles. The topological polar surface area (TPSA) is 91.8 Å². The second-order valence-electron chi connectivity index (χ2n) is 6.66. The molecule has 0 fully saturated rings. The van der Waals surface area contributed by atoms with E-state index in [9.17, 15) is 4.79 Å². The fourth-order valence-corrected chi connectivity index (χ4v) is 3.13. The van der Waals surface area contributed by atoms with Gasteiger partial charge in [0.1, 0.15) is 5.75 Å². The third kappa shape index (κ3) is 6.34. The summed E-state index contributed by atoms with van der Waals surface area (Å²) in [6.45, 7) is 2.83. The van der Waals surface area contributed by atoms with Crippen molar-refractivity contribution in [3.05, 3.63) is 64.1 Å². The Morgan fingerprint density at radius 2 is 1.69 bits per heavy atom. The molecule has 2 aromatic carbocycles. The molecule has 1 N–H and O–H groups in total. The monoisotopic (exact) mass is 501 g/mol. The van der Waals surface area contributed by atoms with Crippen LogP contribution in [0.2, 0.25) is 0 Å². The maximum absolute atomic E-state index is 11.9. The molecule has 0 unspecified atom stereocenters. The molecule has 0 aliphatic carbocycles. The Balaban J connectivity index is 1.73. The Kier molecular flexibility index (Phi) is 8.27. The molecule has 1 heterocycles. The summed E-state index contributed by atoms with van der Waals surface area (Å²) in [5.74, 6) is 0.924. The third-order valence-electron chi connectivity index (χ3n) is 4.34. The van der Waals surface area contributed by atoms with Gasteiger partial charge in [-0.1, -0.05) is 22.9 Å². The van der Waals surface area contributed by atoms with Crippen LogP contribution in [0.15, 0.2) is 53.0 Å². The van der Waals surface area contributed by atoms with Crippen molar-refractivity contribution in [3.8, 4) is 23.5 Å². The number of anilines is 1. The molecule has 0 amide bonds. The molecule has 3 aromatic rings. The summed E-state index contributed by atoms with van der Waals surface area (Å²) in [6.07, 6.45) is 0.788. The number of hydrogen-bond donors (Lipinski definition) is 1. The smallest absolute Gasteiger partial charge is 0.338 e. The van der Waals surface area contributed by atoms with E-state index in [0.717, 1.165) is 22.1 Å². The van der Waals surface area contributed by atoms with Crippen LogP contribution in [0.1, 0.15) is 29.3 Å². The van der Waals surface area contributed by atoms with Crippen LogP contribution in [-0.4, -0.2) is 36.8 Å². The van der Waals surface area contributed by atoms with E-state index in [2.05, 4.69) is 31.2 Å². The summed E-state index contributed by atoms with van der Waals surface area (Å²) in [7, 11) is 3.02. The Bertz CT molecular complexity index is 1040. The van der Waals surface area contributed by atoms with Gasteiger partial charge in [0, 0.05) is 22.3 Å². The van der Waals surface area contributed by atoms with Gasteiger partial charge in [-0.05, 0) is 48.9 Å². The number of benzene rings is 2. The van der Waals surface area contributed by atoms with E-state index < -0.39 is 0 Å². The minimum atomic E-state index is -0.324. The number of hydrogen-bond acceptors (Lipinski definition) is 8. The van der Waals surface area contributed by atoms with Crippen LogP contribution in [-0.2, 0) is 11.3 Å². The molecule has 0 spiro atoms. The molecule has 8 nitrogen and oxygen atoms in total. The fourth-order valence-electron chi connectivity index (χ4n) is 2.72. The van der Waals surface area contributed by atoms with Crippen LogP contribution < -0.4 is 19.5 Å². The maximum atomic E-state index is 11.9. The molecule has 0 saturated heterocycles. The van der Waals surface area contributed by atoms with E-state index in [-0.39, 0.29) is 12.0 Å². The highest BCUT2D eigenvalue weighted by Crippen LogP contribution is 2.29. The van der Waals surface area contributed by atoms with E-state index >= 15 is 0 Å². The fraction of sp³-hybridized carbons (Fsp3) is 0.261. The lowest BCUT2D eigenvalue weighted by Crippen LogP contribution is -2.06. The minimum Gasteiger partial charge on any atom is -0.481 e. The number of carbonyl (C=O) groups excluding carboxylic acids is 1. The molecule has 9 heteroatoms. The first-order chi connectivity index (χ1) is 15.5. The van der Waals surface area contributed by atoms with Crippen molar-refractivity contribution in [3.63, 3.8) is 0 Å². The van der Waals surface area contributed by atoms with Gasteiger partial charge >= 0.3 is 12.0 Å². The summed E-state index contributed by atoms with van der Waals surface area (Å²) in [4.78, 5) is 20.4. The van der Waals surface area contributed by atoms with Crippen LogP contribution >= 0.6 is 15.9 Å². The minimum absolute atomic E-state index is 0.111. The predicted octanol–water partition coefficient (Wildman–Crippen LogP) is 5.23. The zero-order chi connectivity index (χ0) is 22.9. The van der Waals surface area contributed by atoms with E-state index in [1.807, 2.05) is 37.3 Å². The van der Waals surface area contributed by atoms with Crippen LogP contribution in [0.5, 0.6) is 23.5 Å². The molecule has 0 bridgehead atoms. The van der Waals surface area contributed by atoms with Gasteiger partial charge in [0.15, 0.2) is 0 Å². The molecular weight excluding hydrogens is 478 g/mol. The molecule has 1 aromatic heterocycles. The Hall–Kier alpha value is -3.33. The molecule has 0 aliphatic rings. The SMILES string of the molecule is CCCOC(=O)c1ccc(NCc2cc(Br)ccc2Oc2nc(OC)cc(OC)n2)cc1. The normalized spacial score (nSPS) is 10.4. The van der Waals surface area contributed by atoms with Crippen LogP contribution in [0.4, 0.5) is 5.69 Å². The largest absolute Gasteiger partial charge is 0.481 e. The van der Waals surface area contributed by atoms with Gasteiger partial charge in [0.2, 0.25) is 11.8 Å². The van der Waals surface area contributed by atoms with Gasteiger partial charge < -0.3 is 24.3 Å². The maximum Gasteiger partial charge on any atom is 0.338 e. The highest BCUT2D eigenvalue weighted by Gasteiger charge is 2.12. The van der Waals surface area contributed by atoms with Crippen molar-refractivity contribution in [2.45, 2.75) is 19.9 Å². The standard InChI is InChI=1S/C23H24BrN3O5/c1-4-11-31-22(28)15-5-8-18(9-6-15)25-14-16-12-17(24)7-10-19(16)32-23-26-20(29-2)13-21(27-23)30-3/h5-10,12-13,25H,4,11,14H2,1-3H3. The first-order valence-corrected chi connectivity index (χ1v) is 10.8. The lowest BCUT2D eigenvalue weighted by molar-refractivity contribution is 0.0505. The number of ether oxygens (including phenoxy) is 4. The van der Waals surface area contributed by atoms with Crippen molar-refractivity contribution in [2.75, 3.05) is 26.1 Å².